The Kier molecular flexibility index (Phi) is 6.68. The van der Waals surface area contributed by atoms with Crippen molar-refractivity contribution in [3.63, 3.8) is 0 Å². The predicted octanol–water partition coefficient (Wildman–Crippen LogP) is -0.921. The van der Waals surface area contributed by atoms with Gasteiger partial charge in [-0.3, -0.25) is 0 Å². The maximum Gasteiger partial charge on any atom is 0.328 e. The van der Waals surface area contributed by atoms with E-state index in [-0.39, 0.29) is 13.0 Å². The zero-order chi connectivity index (χ0) is 23.2. The first kappa shape index (κ1) is 24.3. The van der Waals surface area contributed by atoms with Gasteiger partial charge in [-0.25, -0.2) is 4.79 Å². The van der Waals surface area contributed by atoms with E-state index in [2.05, 4.69) is 0 Å². The summed E-state index contributed by atoms with van der Waals surface area (Å²) in [6.07, 6.45) is -2.65. The number of hydrogen-bond acceptors (Lipinski definition) is 9. The van der Waals surface area contributed by atoms with Crippen molar-refractivity contribution in [2.24, 2.45) is 5.41 Å². The van der Waals surface area contributed by atoms with E-state index >= 15 is 0 Å². The zero-order valence-electron chi connectivity index (χ0n) is 17.8. The fourth-order valence-corrected chi connectivity index (χ4v) is 4.95. The van der Waals surface area contributed by atoms with Crippen LogP contribution in [0.25, 0.3) is 0 Å². The normalized spacial score (nSPS) is 48.3. The molecule has 0 aromatic heterocycles. The van der Waals surface area contributed by atoms with Gasteiger partial charge in [0.1, 0.15) is 35.6 Å². The van der Waals surface area contributed by atoms with Crippen LogP contribution < -0.4 is 0 Å². The van der Waals surface area contributed by atoms with Crippen LogP contribution in [0.5, 0.6) is 0 Å². The van der Waals surface area contributed by atoms with E-state index in [1.165, 1.54) is 0 Å². The largest absolute Gasteiger partial charge is 0.478 e. The SMILES string of the molecule is CC(=C/C(=O)O)/C=C/[C@]1(O)[C@]2(C)CO[C@@]1(C)C[C@@H](O[C@@H]1O[C@H](CO)[C@@H](O)[C@H](O)[C@H]1O)C2. The van der Waals surface area contributed by atoms with Gasteiger partial charge in [-0.15, -0.1) is 0 Å². The molecule has 3 fully saturated rings. The van der Waals surface area contributed by atoms with Gasteiger partial charge in [0.05, 0.1) is 19.3 Å². The molecule has 2 bridgehead atoms. The molecule has 1 aliphatic carbocycles. The van der Waals surface area contributed by atoms with Crippen LogP contribution in [0.3, 0.4) is 0 Å². The highest BCUT2D eigenvalue weighted by Gasteiger charge is 2.67. The van der Waals surface area contributed by atoms with Gasteiger partial charge in [-0.2, -0.15) is 0 Å². The highest BCUT2D eigenvalue weighted by Crippen LogP contribution is 2.58. The quantitative estimate of drug-likeness (QED) is 0.223. The van der Waals surface area contributed by atoms with E-state index in [0.29, 0.717) is 12.0 Å². The summed E-state index contributed by atoms with van der Waals surface area (Å²) in [5.41, 5.74) is -2.77. The zero-order valence-corrected chi connectivity index (χ0v) is 17.8. The van der Waals surface area contributed by atoms with E-state index in [4.69, 9.17) is 19.3 Å². The number of rotatable bonds is 6. The number of carboxylic acids is 1. The molecule has 2 aliphatic heterocycles. The molecule has 6 N–H and O–H groups in total. The van der Waals surface area contributed by atoms with Gasteiger partial charge in [-0.05, 0) is 31.9 Å². The van der Waals surface area contributed by atoms with Crippen LogP contribution in [0, 0.1) is 5.41 Å². The van der Waals surface area contributed by atoms with Gasteiger partial charge in [0.2, 0.25) is 0 Å². The molecule has 10 heteroatoms. The van der Waals surface area contributed by atoms with Crippen LogP contribution in [0.1, 0.15) is 33.6 Å². The average Bonchev–Trinajstić information content (AvgIpc) is 2.79. The van der Waals surface area contributed by atoms with E-state index < -0.39 is 66.0 Å². The lowest BCUT2D eigenvalue weighted by Crippen LogP contribution is -2.63. The molecule has 31 heavy (non-hydrogen) atoms. The molecule has 3 aliphatic rings. The second-order valence-corrected chi connectivity index (χ2v) is 9.27. The first-order chi connectivity index (χ1) is 14.4. The predicted molar refractivity (Wildman–Crippen MR) is 106 cm³/mol. The standard InChI is InChI=1S/C21H32O10/c1-11(6-14(23)24)4-5-21(28)19(2)7-12(8-20(21,3)29-10-19)30-18-17(27)16(26)15(25)13(9-22)31-18/h4-6,12-13,15-18,22,25-28H,7-10H2,1-3H3,(H,23,24)/b5-4+,11-6-/t12-,13+,15+,16-,17+,18+,19-,20-,21-/m0/s1. The molecule has 9 atom stereocenters. The molecule has 1 saturated carbocycles. The van der Waals surface area contributed by atoms with Crippen LogP contribution in [0.2, 0.25) is 0 Å². The van der Waals surface area contributed by atoms with E-state index in [1.54, 1.807) is 26.0 Å². The molecular weight excluding hydrogens is 412 g/mol. The molecule has 0 spiro atoms. The summed E-state index contributed by atoms with van der Waals surface area (Å²) in [4.78, 5) is 10.9. The fourth-order valence-electron chi connectivity index (χ4n) is 4.95. The number of carbonyl (C=O) groups is 1. The van der Waals surface area contributed by atoms with E-state index in [9.17, 15) is 30.3 Å². The minimum atomic E-state index is -1.54. The van der Waals surface area contributed by atoms with E-state index in [1.807, 2.05) is 6.92 Å². The Morgan fingerprint density at radius 3 is 2.42 bits per heavy atom. The maximum atomic E-state index is 11.6. The Bertz CT molecular complexity index is 728. The Hall–Kier alpha value is -1.37. The number of hydrogen-bond donors (Lipinski definition) is 6. The van der Waals surface area contributed by atoms with Gasteiger partial charge in [0.25, 0.3) is 0 Å². The number of aliphatic hydroxyl groups excluding tert-OH is 4. The van der Waals surface area contributed by atoms with Crippen LogP contribution >= 0.6 is 0 Å². The summed E-state index contributed by atoms with van der Waals surface area (Å²) < 4.78 is 17.3. The van der Waals surface area contributed by atoms with Crippen molar-refractivity contribution in [2.75, 3.05) is 13.2 Å². The van der Waals surface area contributed by atoms with Crippen molar-refractivity contribution in [3.05, 3.63) is 23.8 Å². The van der Waals surface area contributed by atoms with Gasteiger partial charge < -0.3 is 44.8 Å². The maximum absolute atomic E-state index is 11.6. The average molecular weight is 444 g/mol. The number of aliphatic carboxylic acids is 1. The lowest BCUT2D eigenvalue weighted by molar-refractivity contribution is -0.319. The van der Waals surface area contributed by atoms with Crippen LogP contribution in [0.4, 0.5) is 0 Å². The van der Waals surface area contributed by atoms with Gasteiger partial charge in [0.15, 0.2) is 6.29 Å². The summed E-state index contributed by atoms with van der Waals surface area (Å²) in [7, 11) is 0. The second-order valence-electron chi connectivity index (χ2n) is 9.27. The summed E-state index contributed by atoms with van der Waals surface area (Å²) >= 11 is 0. The summed E-state index contributed by atoms with van der Waals surface area (Å²) in [6.45, 7) is 4.88. The van der Waals surface area contributed by atoms with E-state index in [0.717, 1.165) is 6.08 Å². The Morgan fingerprint density at radius 1 is 1.16 bits per heavy atom. The van der Waals surface area contributed by atoms with Gasteiger partial charge in [0, 0.05) is 17.9 Å². The Labute approximate surface area is 180 Å². The Morgan fingerprint density at radius 2 is 1.84 bits per heavy atom. The first-order valence-corrected chi connectivity index (χ1v) is 10.3. The fraction of sp³-hybridized carbons (Fsp3) is 0.762. The molecule has 0 radical (unpaired) electrons. The molecule has 0 aromatic carbocycles. The molecule has 10 nitrogen and oxygen atoms in total. The lowest BCUT2D eigenvalue weighted by atomic mass is 9.59. The summed E-state index contributed by atoms with van der Waals surface area (Å²) in [5.74, 6) is -1.08. The molecular formula is C21H32O10. The number of allylic oxidation sites excluding steroid dienone is 2. The van der Waals surface area contributed by atoms with Crippen LogP contribution in [-0.4, -0.2) is 97.8 Å². The van der Waals surface area contributed by atoms with Crippen LogP contribution in [-0.2, 0) is 19.0 Å². The van der Waals surface area contributed by atoms with Crippen molar-refractivity contribution in [1.29, 1.82) is 0 Å². The van der Waals surface area contributed by atoms with Crippen LogP contribution in [0.15, 0.2) is 23.8 Å². The van der Waals surface area contributed by atoms with Gasteiger partial charge >= 0.3 is 5.97 Å². The van der Waals surface area contributed by atoms with Crippen molar-refractivity contribution < 1.29 is 49.6 Å². The third-order valence-corrected chi connectivity index (χ3v) is 6.84. The second kappa shape index (κ2) is 8.53. The number of carboxylic acid groups (broad SMARTS) is 1. The molecule has 2 heterocycles. The molecule has 2 saturated heterocycles. The number of aliphatic hydroxyl groups is 5. The molecule has 0 aromatic rings. The minimum absolute atomic E-state index is 0.236. The first-order valence-electron chi connectivity index (χ1n) is 10.3. The monoisotopic (exact) mass is 444 g/mol. The highest BCUT2D eigenvalue weighted by molar-refractivity contribution is 5.81. The number of fused-ring (bicyclic) bond motifs is 2. The Balaban J connectivity index is 1.78. The van der Waals surface area contributed by atoms with Crippen molar-refractivity contribution >= 4 is 5.97 Å². The topological polar surface area (TPSA) is 166 Å². The molecule has 176 valence electrons. The number of ether oxygens (including phenoxy) is 3. The molecule has 0 amide bonds. The minimum Gasteiger partial charge on any atom is -0.478 e. The van der Waals surface area contributed by atoms with Crippen molar-refractivity contribution in [2.45, 2.75) is 81.6 Å². The van der Waals surface area contributed by atoms with Crippen molar-refractivity contribution in [1.82, 2.24) is 0 Å². The third kappa shape index (κ3) is 4.19. The highest BCUT2D eigenvalue weighted by atomic mass is 16.7. The molecule has 3 rings (SSSR count). The molecule has 0 unspecified atom stereocenters. The van der Waals surface area contributed by atoms with Gasteiger partial charge in [-0.1, -0.05) is 13.0 Å². The van der Waals surface area contributed by atoms with Crippen molar-refractivity contribution in [3.8, 4) is 0 Å². The third-order valence-electron chi connectivity index (χ3n) is 6.84. The smallest absolute Gasteiger partial charge is 0.328 e. The lowest BCUT2D eigenvalue weighted by Gasteiger charge is -2.51. The summed E-state index contributed by atoms with van der Waals surface area (Å²) in [5, 5.41) is 60.0. The summed E-state index contributed by atoms with van der Waals surface area (Å²) in [6, 6.07) is 0.